The molecule has 0 aliphatic carbocycles. The van der Waals surface area contributed by atoms with E-state index in [1.807, 2.05) is 54.7 Å². The summed E-state index contributed by atoms with van der Waals surface area (Å²) in [5, 5.41) is 15.5. The summed E-state index contributed by atoms with van der Waals surface area (Å²) >= 11 is 7.58. The number of aromatic nitrogens is 4. The fraction of sp³-hybridized carbons (Fsp3) is 0.107. The zero-order valence-electron chi connectivity index (χ0n) is 19.6. The Morgan fingerprint density at radius 1 is 0.889 bits per heavy atom. The van der Waals surface area contributed by atoms with Crippen LogP contribution in [0.4, 0.5) is 4.39 Å². The summed E-state index contributed by atoms with van der Waals surface area (Å²) in [6.45, 7) is 3.34. The molecule has 0 radical (unpaired) electrons. The van der Waals surface area contributed by atoms with Crippen molar-refractivity contribution in [1.82, 2.24) is 19.7 Å². The third kappa shape index (κ3) is 5.18. The van der Waals surface area contributed by atoms with E-state index >= 15 is 0 Å². The molecule has 0 aliphatic heterocycles. The molecule has 5 aromatic rings. The summed E-state index contributed by atoms with van der Waals surface area (Å²) in [5.41, 5.74) is 3.02. The van der Waals surface area contributed by atoms with Crippen molar-refractivity contribution in [3.63, 3.8) is 0 Å². The lowest BCUT2D eigenvalue weighted by Crippen LogP contribution is -2.17. The van der Waals surface area contributed by atoms with Crippen LogP contribution >= 0.6 is 23.4 Å². The largest absolute Gasteiger partial charge is 0.384 e. The zero-order chi connectivity index (χ0) is 25.3. The van der Waals surface area contributed by atoms with E-state index in [2.05, 4.69) is 9.97 Å². The molecule has 2 aromatic heterocycles. The highest BCUT2D eigenvalue weighted by atomic mass is 35.5. The Morgan fingerprint density at radius 2 is 1.58 bits per heavy atom. The van der Waals surface area contributed by atoms with Gasteiger partial charge in [-0.05, 0) is 50.2 Å². The predicted octanol–water partition coefficient (Wildman–Crippen LogP) is 7.17. The van der Waals surface area contributed by atoms with E-state index < -0.39 is 5.60 Å². The van der Waals surface area contributed by atoms with Crippen molar-refractivity contribution in [2.75, 3.05) is 0 Å². The first-order chi connectivity index (χ1) is 17.3. The van der Waals surface area contributed by atoms with Gasteiger partial charge in [0.2, 0.25) is 0 Å². The topological polar surface area (TPSA) is 63.8 Å². The van der Waals surface area contributed by atoms with Gasteiger partial charge in [0, 0.05) is 27.2 Å². The second kappa shape index (κ2) is 9.85. The number of hydrogen-bond acceptors (Lipinski definition) is 5. The van der Waals surface area contributed by atoms with Crippen molar-refractivity contribution in [1.29, 1.82) is 0 Å². The molecular formula is C28H22ClFN4OS. The molecule has 8 heteroatoms. The van der Waals surface area contributed by atoms with Crippen molar-refractivity contribution in [3.05, 3.63) is 108 Å². The van der Waals surface area contributed by atoms with Crippen LogP contribution in [-0.2, 0) is 5.60 Å². The summed E-state index contributed by atoms with van der Waals surface area (Å²) in [7, 11) is 0. The van der Waals surface area contributed by atoms with E-state index in [0.29, 0.717) is 22.1 Å². The molecule has 180 valence electrons. The normalized spacial score (nSPS) is 11.6. The average molecular weight is 517 g/mol. The highest BCUT2D eigenvalue weighted by Crippen LogP contribution is 2.37. The highest BCUT2D eigenvalue weighted by Gasteiger charge is 2.19. The molecule has 0 unspecified atom stereocenters. The molecule has 5 nitrogen and oxygen atoms in total. The standard InChI is InChI=1S/C28H22ClFN4OS/c1-28(2,35)26-16-31-23(15-32-26)18-7-9-19(10-8-18)27-25(36-21-13-11-20(29)12-14-21)17-34(33-27)24-6-4-3-5-22(24)30/h3-17,35H,1-2H3. The minimum absolute atomic E-state index is 0.349. The first-order valence-electron chi connectivity index (χ1n) is 11.2. The van der Waals surface area contributed by atoms with Gasteiger partial charge in [-0.25, -0.2) is 9.07 Å². The van der Waals surface area contributed by atoms with E-state index in [1.165, 1.54) is 17.8 Å². The van der Waals surface area contributed by atoms with Crippen molar-refractivity contribution in [3.8, 4) is 28.2 Å². The van der Waals surface area contributed by atoms with Crippen LogP contribution in [-0.4, -0.2) is 24.9 Å². The lowest BCUT2D eigenvalue weighted by atomic mass is 10.1. The predicted molar refractivity (Wildman–Crippen MR) is 141 cm³/mol. The van der Waals surface area contributed by atoms with Gasteiger partial charge >= 0.3 is 0 Å². The Balaban J connectivity index is 1.51. The first-order valence-corrected chi connectivity index (χ1v) is 12.4. The number of halogens is 2. The number of para-hydroxylation sites is 1. The maximum absolute atomic E-state index is 14.5. The minimum atomic E-state index is -1.05. The summed E-state index contributed by atoms with van der Waals surface area (Å²) < 4.78 is 16.1. The Kier molecular flexibility index (Phi) is 6.62. The van der Waals surface area contributed by atoms with Crippen LogP contribution < -0.4 is 0 Å². The first kappa shape index (κ1) is 24.2. The van der Waals surface area contributed by atoms with Gasteiger partial charge in [0.1, 0.15) is 22.8 Å². The van der Waals surface area contributed by atoms with Gasteiger partial charge in [-0.3, -0.25) is 9.97 Å². The molecule has 0 saturated heterocycles. The summed E-state index contributed by atoms with van der Waals surface area (Å²) in [4.78, 5) is 10.7. The van der Waals surface area contributed by atoms with Crippen LogP contribution in [0.25, 0.3) is 28.2 Å². The fourth-order valence-electron chi connectivity index (χ4n) is 3.62. The SMILES string of the molecule is CC(C)(O)c1cnc(-c2ccc(-c3nn(-c4ccccc4F)cc3Sc3ccc(Cl)cc3)cc2)cn1. The molecule has 2 heterocycles. The third-order valence-electron chi connectivity index (χ3n) is 5.55. The smallest absolute Gasteiger partial charge is 0.148 e. The van der Waals surface area contributed by atoms with E-state index in [-0.39, 0.29) is 5.82 Å². The van der Waals surface area contributed by atoms with Crippen LogP contribution in [0, 0.1) is 5.82 Å². The number of aliphatic hydroxyl groups is 1. The van der Waals surface area contributed by atoms with E-state index in [9.17, 15) is 9.50 Å². The third-order valence-corrected chi connectivity index (χ3v) is 6.83. The molecule has 0 bridgehead atoms. The summed E-state index contributed by atoms with van der Waals surface area (Å²) in [5.74, 6) is -0.349. The van der Waals surface area contributed by atoms with Crippen molar-refractivity contribution >= 4 is 23.4 Å². The van der Waals surface area contributed by atoms with Gasteiger partial charge in [0.15, 0.2) is 0 Å². The number of rotatable bonds is 6. The van der Waals surface area contributed by atoms with Crippen molar-refractivity contribution < 1.29 is 9.50 Å². The van der Waals surface area contributed by atoms with Crippen LogP contribution in [0.3, 0.4) is 0 Å². The number of nitrogens with zero attached hydrogens (tertiary/aromatic N) is 4. The lowest BCUT2D eigenvalue weighted by molar-refractivity contribution is 0.0734. The van der Waals surface area contributed by atoms with Crippen LogP contribution in [0.5, 0.6) is 0 Å². The molecule has 0 saturated carbocycles. The quantitative estimate of drug-likeness (QED) is 0.259. The van der Waals surface area contributed by atoms with E-state index in [4.69, 9.17) is 16.7 Å². The molecule has 1 N–H and O–H groups in total. The highest BCUT2D eigenvalue weighted by molar-refractivity contribution is 7.99. The van der Waals surface area contributed by atoms with E-state index in [1.54, 1.807) is 49.1 Å². The van der Waals surface area contributed by atoms with Crippen molar-refractivity contribution in [2.45, 2.75) is 29.2 Å². The molecule has 0 aliphatic rings. The second-order valence-electron chi connectivity index (χ2n) is 8.72. The van der Waals surface area contributed by atoms with Gasteiger partial charge < -0.3 is 5.11 Å². The van der Waals surface area contributed by atoms with Gasteiger partial charge in [-0.15, -0.1) is 0 Å². The fourth-order valence-corrected chi connectivity index (χ4v) is 4.68. The molecule has 0 fully saturated rings. The average Bonchev–Trinajstić information content (AvgIpc) is 3.29. The maximum atomic E-state index is 14.5. The maximum Gasteiger partial charge on any atom is 0.148 e. The lowest BCUT2D eigenvalue weighted by Gasteiger charge is -2.15. The van der Waals surface area contributed by atoms with Crippen LogP contribution in [0.2, 0.25) is 5.02 Å². The number of hydrogen-bond donors (Lipinski definition) is 1. The molecule has 3 aromatic carbocycles. The minimum Gasteiger partial charge on any atom is -0.384 e. The van der Waals surface area contributed by atoms with E-state index in [0.717, 1.165) is 26.6 Å². The Morgan fingerprint density at radius 3 is 2.22 bits per heavy atom. The number of benzene rings is 3. The Hall–Kier alpha value is -3.52. The zero-order valence-corrected chi connectivity index (χ0v) is 21.1. The summed E-state index contributed by atoms with van der Waals surface area (Å²) in [6.07, 6.45) is 5.07. The van der Waals surface area contributed by atoms with Gasteiger partial charge in [0.05, 0.1) is 28.7 Å². The van der Waals surface area contributed by atoms with Gasteiger partial charge in [-0.1, -0.05) is 59.8 Å². The molecular weight excluding hydrogens is 495 g/mol. The Bertz CT molecular complexity index is 1500. The van der Waals surface area contributed by atoms with Crippen LogP contribution in [0.15, 0.2) is 101 Å². The molecule has 0 spiro atoms. The molecule has 36 heavy (non-hydrogen) atoms. The second-order valence-corrected chi connectivity index (χ2v) is 10.3. The van der Waals surface area contributed by atoms with Crippen molar-refractivity contribution in [2.24, 2.45) is 0 Å². The van der Waals surface area contributed by atoms with Gasteiger partial charge in [-0.2, -0.15) is 5.10 Å². The summed E-state index contributed by atoms with van der Waals surface area (Å²) in [6, 6.07) is 21.9. The molecule has 0 amide bonds. The Labute approximate surface area is 217 Å². The van der Waals surface area contributed by atoms with Gasteiger partial charge in [0.25, 0.3) is 0 Å². The molecule has 0 atom stereocenters. The van der Waals surface area contributed by atoms with Crippen LogP contribution in [0.1, 0.15) is 19.5 Å². The monoisotopic (exact) mass is 516 g/mol. The molecule has 5 rings (SSSR count).